The number of benzene rings is 1. The predicted molar refractivity (Wildman–Crippen MR) is 87.1 cm³/mol. The molecule has 21 heavy (non-hydrogen) atoms. The van der Waals surface area contributed by atoms with Crippen LogP contribution in [0.3, 0.4) is 0 Å². The highest BCUT2D eigenvalue weighted by atomic mass is 79.9. The van der Waals surface area contributed by atoms with Gasteiger partial charge in [0, 0.05) is 9.85 Å². The summed E-state index contributed by atoms with van der Waals surface area (Å²) < 4.78 is 27.6. The lowest BCUT2D eigenvalue weighted by Gasteiger charge is -2.08. The summed E-state index contributed by atoms with van der Waals surface area (Å²) in [4.78, 5) is 4.37. The number of nitrogens with zero attached hydrogens (tertiary/aromatic N) is 1. The van der Waals surface area contributed by atoms with E-state index in [4.69, 9.17) is 5.11 Å². The monoisotopic (exact) mass is 390 g/mol. The lowest BCUT2D eigenvalue weighted by molar-refractivity contribution is 0.281. The van der Waals surface area contributed by atoms with Crippen LogP contribution in [0.15, 0.2) is 32.9 Å². The van der Waals surface area contributed by atoms with Crippen molar-refractivity contribution in [1.29, 1.82) is 0 Å². The van der Waals surface area contributed by atoms with Crippen LogP contribution < -0.4 is 4.72 Å². The first kappa shape index (κ1) is 16.4. The van der Waals surface area contributed by atoms with Crippen molar-refractivity contribution in [3.63, 3.8) is 0 Å². The molecule has 2 N–H and O–H groups in total. The van der Waals surface area contributed by atoms with E-state index in [1.165, 1.54) is 17.4 Å². The fraction of sp³-hybridized carbons (Fsp3) is 0.308. The van der Waals surface area contributed by atoms with E-state index in [1.807, 2.05) is 19.2 Å². The molecule has 0 saturated carbocycles. The van der Waals surface area contributed by atoms with Gasteiger partial charge < -0.3 is 5.11 Å². The minimum absolute atomic E-state index is 0.112. The van der Waals surface area contributed by atoms with E-state index in [1.54, 1.807) is 12.1 Å². The topological polar surface area (TPSA) is 79.3 Å². The Morgan fingerprint density at radius 2 is 2.14 bits per heavy atom. The molecule has 0 fully saturated rings. The maximum absolute atomic E-state index is 12.4. The van der Waals surface area contributed by atoms with E-state index < -0.39 is 10.0 Å². The maximum atomic E-state index is 12.4. The summed E-state index contributed by atoms with van der Waals surface area (Å²) >= 11 is 4.47. The van der Waals surface area contributed by atoms with Gasteiger partial charge in [0.1, 0.15) is 4.90 Å². The number of halogens is 1. The standard InChI is InChI=1S/C13H15BrN2O3S2/c1-8(2)11-7-20-13(15-11)16-21(18,19)12-4-3-9(6-17)5-10(12)14/h3-5,7-8,17H,6H2,1-2H3,(H,15,16). The molecule has 0 amide bonds. The first-order valence-electron chi connectivity index (χ1n) is 6.21. The average molecular weight is 391 g/mol. The van der Waals surface area contributed by atoms with Crippen LogP contribution >= 0.6 is 27.3 Å². The summed E-state index contributed by atoms with van der Waals surface area (Å²) in [5.41, 5.74) is 1.49. The molecule has 1 heterocycles. The summed E-state index contributed by atoms with van der Waals surface area (Å²) in [5, 5.41) is 11.2. The van der Waals surface area contributed by atoms with Crippen LogP contribution in [-0.4, -0.2) is 18.5 Å². The zero-order valence-corrected chi connectivity index (χ0v) is 14.7. The van der Waals surface area contributed by atoms with Crippen LogP contribution in [0.2, 0.25) is 0 Å². The third-order valence-electron chi connectivity index (χ3n) is 2.80. The third kappa shape index (κ3) is 3.82. The lowest BCUT2D eigenvalue weighted by atomic mass is 10.2. The van der Waals surface area contributed by atoms with Crippen molar-refractivity contribution in [3.8, 4) is 0 Å². The number of sulfonamides is 1. The molecule has 0 saturated heterocycles. The first-order chi connectivity index (χ1) is 9.83. The summed E-state index contributed by atoms with van der Waals surface area (Å²) in [5.74, 6) is 0.245. The number of thiazole rings is 1. The number of nitrogens with one attached hydrogen (secondary N) is 1. The summed E-state index contributed by atoms with van der Waals surface area (Å²) in [6.07, 6.45) is 0. The van der Waals surface area contributed by atoms with Gasteiger partial charge in [-0.3, -0.25) is 4.72 Å². The molecule has 0 atom stereocenters. The number of hydrogen-bond acceptors (Lipinski definition) is 5. The molecule has 0 unspecified atom stereocenters. The van der Waals surface area contributed by atoms with Crippen molar-refractivity contribution in [3.05, 3.63) is 39.3 Å². The molecule has 8 heteroatoms. The fourth-order valence-corrected chi connectivity index (χ4v) is 4.88. The molecule has 0 spiro atoms. The van der Waals surface area contributed by atoms with Crippen LogP contribution in [-0.2, 0) is 16.6 Å². The zero-order chi connectivity index (χ0) is 15.6. The summed E-state index contributed by atoms with van der Waals surface area (Å²) in [6, 6.07) is 4.60. The summed E-state index contributed by atoms with van der Waals surface area (Å²) in [7, 11) is -3.71. The van der Waals surface area contributed by atoms with E-state index in [0.29, 0.717) is 15.2 Å². The van der Waals surface area contributed by atoms with E-state index >= 15 is 0 Å². The third-order valence-corrected chi connectivity index (χ3v) is 6.02. The molecule has 5 nitrogen and oxygen atoms in total. The molecular weight excluding hydrogens is 376 g/mol. The Morgan fingerprint density at radius 3 is 2.67 bits per heavy atom. The van der Waals surface area contributed by atoms with Gasteiger partial charge in [0.05, 0.1) is 12.3 Å². The van der Waals surface area contributed by atoms with E-state index in [2.05, 4.69) is 25.6 Å². The van der Waals surface area contributed by atoms with Crippen LogP contribution in [0, 0.1) is 0 Å². The van der Waals surface area contributed by atoms with Crippen LogP contribution in [0.25, 0.3) is 0 Å². The Morgan fingerprint density at radius 1 is 1.43 bits per heavy atom. The normalized spacial score (nSPS) is 11.9. The van der Waals surface area contributed by atoms with Crippen LogP contribution in [0.1, 0.15) is 31.0 Å². The molecular formula is C13H15BrN2O3S2. The van der Waals surface area contributed by atoms with Gasteiger partial charge in [-0.25, -0.2) is 13.4 Å². The van der Waals surface area contributed by atoms with E-state index in [0.717, 1.165) is 5.69 Å². The van der Waals surface area contributed by atoms with Crippen LogP contribution in [0.5, 0.6) is 0 Å². The second-order valence-electron chi connectivity index (χ2n) is 4.76. The molecule has 114 valence electrons. The van der Waals surface area contributed by atoms with Gasteiger partial charge in [-0.05, 0) is 39.5 Å². The Hall–Kier alpha value is -0.960. The number of aliphatic hydroxyl groups is 1. The SMILES string of the molecule is CC(C)c1csc(NS(=O)(=O)c2ccc(CO)cc2Br)n1. The summed E-state index contributed by atoms with van der Waals surface area (Å²) in [6.45, 7) is 3.85. The van der Waals surface area contributed by atoms with E-state index in [-0.39, 0.29) is 17.4 Å². The fourth-order valence-electron chi connectivity index (χ4n) is 1.63. The first-order valence-corrected chi connectivity index (χ1v) is 9.36. The Bertz CT molecular complexity index is 742. The van der Waals surface area contributed by atoms with Gasteiger partial charge in [0.15, 0.2) is 5.13 Å². The molecule has 0 aliphatic heterocycles. The zero-order valence-electron chi connectivity index (χ0n) is 11.5. The van der Waals surface area contributed by atoms with E-state index in [9.17, 15) is 8.42 Å². The van der Waals surface area contributed by atoms with Crippen molar-refractivity contribution >= 4 is 42.4 Å². The quantitative estimate of drug-likeness (QED) is 0.820. The molecule has 0 radical (unpaired) electrons. The largest absolute Gasteiger partial charge is 0.392 e. The number of aliphatic hydroxyl groups excluding tert-OH is 1. The van der Waals surface area contributed by atoms with Crippen molar-refractivity contribution in [1.82, 2.24) is 4.98 Å². The minimum Gasteiger partial charge on any atom is -0.392 e. The molecule has 2 aromatic rings. The molecule has 0 aliphatic carbocycles. The lowest BCUT2D eigenvalue weighted by Crippen LogP contribution is -2.13. The van der Waals surface area contributed by atoms with Gasteiger partial charge in [-0.15, -0.1) is 11.3 Å². The molecule has 1 aromatic heterocycles. The molecule has 1 aromatic carbocycles. The van der Waals surface area contributed by atoms with Crippen molar-refractivity contribution < 1.29 is 13.5 Å². The van der Waals surface area contributed by atoms with Gasteiger partial charge in [-0.2, -0.15) is 0 Å². The van der Waals surface area contributed by atoms with Crippen LogP contribution in [0.4, 0.5) is 5.13 Å². The second-order valence-corrected chi connectivity index (χ2v) is 8.12. The predicted octanol–water partition coefficient (Wildman–Crippen LogP) is 3.32. The number of rotatable bonds is 5. The van der Waals surface area contributed by atoms with Gasteiger partial charge in [0.25, 0.3) is 10.0 Å². The number of anilines is 1. The van der Waals surface area contributed by atoms with Gasteiger partial charge >= 0.3 is 0 Å². The highest BCUT2D eigenvalue weighted by Gasteiger charge is 2.20. The smallest absolute Gasteiger partial charge is 0.264 e. The van der Waals surface area contributed by atoms with Crippen molar-refractivity contribution in [2.45, 2.75) is 31.3 Å². The molecule has 0 bridgehead atoms. The highest BCUT2D eigenvalue weighted by Crippen LogP contribution is 2.27. The maximum Gasteiger partial charge on any atom is 0.264 e. The average Bonchev–Trinajstić information content (AvgIpc) is 2.86. The number of aromatic nitrogens is 1. The highest BCUT2D eigenvalue weighted by molar-refractivity contribution is 9.10. The molecule has 2 rings (SSSR count). The Labute approximate surface area is 136 Å². The van der Waals surface area contributed by atoms with Crippen molar-refractivity contribution in [2.75, 3.05) is 4.72 Å². The second kappa shape index (κ2) is 6.43. The number of hydrogen-bond donors (Lipinski definition) is 2. The minimum atomic E-state index is -3.71. The van der Waals surface area contributed by atoms with Gasteiger partial charge in [0.2, 0.25) is 0 Å². The Kier molecular flexibility index (Phi) is 5.03. The Balaban J connectivity index is 2.29. The van der Waals surface area contributed by atoms with Crippen molar-refractivity contribution in [2.24, 2.45) is 0 Å². The van der Waals surface area contributed by atoms with Gasteiger partial charge in [-0.1, -0.05) is 19.9 Å². The molecule has 0 aliphatic rings.